The van der Waals surface area contributed by atoms with Gasteiger partial charge >= 0.3 is 6.18 Å². The lowest BCUT2D eigenvalue weighted by Crippen LogP contribution is -2.50. The van der Waals surface area contributed by atoms with Crippen LogP contribution in [0.1, 0.15) is 49.1 Å². The summed E-state index contributed by atoms with van der Waals surface area (Å²) in [6, 6.07) is 0. The van der Waals surface area contributed by atoms with Gasteiger partial charge in [0.05, 0.1) is 6.20 Å². The molecular weight excluding hydrogens is 313 g/mol. The Balaban J connectivity index is 1.55. The molecule has 124 valence electrons. The SMILES string of the molecule is FC(F)(F)C1(c2nnn(Cc3ncc(C4CC4)o3)n2)CCCN1. The van der Waals surface area contributed by atoms with Crippen molar-refractivity contribution < 1.29 is 17.6 Å². The third-order valence-electron chi connectivity index (χ3n) is 4.30. The molecule has 2 aromatic heterocycles. The molecule has 0 aromatic carbocycles. The Hall–Kier alpha value is -1.97. The van der Waals surface area contributed by atoms with Gasteiger partial charge in [0.2, 0.25) is 11.7 Å². The largest absolute Gasteiger partial charge is 0.443 e. The molecule has 0 radical (unpaired) electrons. The van der Waals surface area contributed by atoms with Crippen LogP contribution in [0.25, 0.3) is 0 Å². The van der Waals surface area contributed by atoms with Gasteiger partial charge in [0.15, 0.2) is 5.54 Å². The van der Waals surface area contributed by atoms with Crippen molar-refractivity contribution >= 4 is 0 Å². The summed E-state index contributed by atoms with van der Waals surface area (Å²) < 4.78 is 45.8. The fourth-order valence-electron chi connectivity index (χ4n) is 2.86. The number of rotatable bonds is 4. The number of alkyl halides is 3. The topological polar surface area (TPSA) is 81.7 Å². The predicted molar refractivity (Wildman–Crippen MR) is 70.4 cm³/mol. The first-order valence-electron chi connectivity index (χ1n) is 7.52. The average Bonchev–Trinajstić information content (AvgIpc) is 2.96. The highest BCUT2D eigenvalue weighted by atomic mass is 19.4. The molecule has 1 saturated carbocycles. The normalized spacial score (nSPS) is 25.2. The Bertz CT molecular complexity index is 699. The highest BCUT2D eigenvalue weighted by Crippen LogP contribution is 2.43. The van der Waals surface area contributed by atoms with Crippen molar-refractivity contribution in [2.75, 3.05) is 6.54 Å². The summed E-state index contributed by atoms with van der Waals surface area (Å²) in [6.07, 6.45) is -0.328. The van der Waals surface area contributed by atoms with Crippen molar-refractivity contribution in [3.63, 3.8) is 0 Å². The number of aromatic nitrogens is 5. The summed E-state index contributed by atoms with van der Waals surface area (Å²) in [4.78, 5) is 5.20. The molecule has 1 N–H and O–H groups in total. The van der Waals surface area contributed by atoms with E-state index in [9.17, 15) is 13.2 Å². The van der Waals surface area contributed by atoms with E-state index in [4.69, 9.17) is 4.42 Å². The van der Waals surface area contributed by atoms with Crippen molar-refractivity contribution in [2.45, 2.75) is 49.9 Å². The molecule has 0 spiro atoms. The van der Waals surface area contributed by atoms with Crippen molar-refractivity contribution in [2.24, 2.45) is 0 Å². The summed E-state index contributed by atoms with van der Waals surface area (Å²) in [7, 11) is 0. The van der Waals surface area contributed by atoms with Crippen molar-refractivity contribution in [3.8, 4) is 0 Å². The van der Waals surface area contributed by atoms with Gasteiger partial charge in [-0.15, -0.1) is 10.2 Å². The number of hydrogen-bond acceptors (Lipinski definition) is 6. The van der Waals surface area contributed by atoms with E-state index in [0.29, 0.717) is 18.2 Å². The van der Waals surface area contributed by atoms with Crippen LogP contribution >= 0.6 is 0 Å². The van der Waals surface area contributed by atoms with E-state index in [1.807, 2.05) is 0 Å². The fourth-order valence-corrected chi connectivity index (χ4v) is 2.86. The standard InChI is InChI=1S/C13H15F3N6O/c14-13(15,16)12(4-1-5-18-12)11-19-21-22(20-11)7-10-17-6-9(23-10)8-2-3-8/h6,8,18H,1-5,7H2. The minimum absolute atomic E-state index is 0.0632. The van der Waals surface area contributed by atoms with E-state index in [1.165, 1.54) is 0 Å². The van der Waals surface area contributed by atoms with Crippen molar-refractivity contribution in [1.82, 2.24) is 30.5 Å². The molecule has 2 fully saturated rings. The zero-order chi connectivity index (χ0) is 16.1. The Morgan fingerprint density at radius 3 is 2.87 bits per heavy atom. The first kappa shape index (κ1) is 14.6. The molecule has 2 aliphatic rings. The van der Waals surface area contributed by atoms with Gasteiger partial charge in [0.25, 0.3) is 0 Å². The van der Waals surface area contributed by atoms with Crippen LogP contribution in [0, 0.1) is 0 Å². The number of nitrogens with one attached hydrogen (secondary N) is 1. The Labute approximate surface area is 129 Å². The molecule has 1 aliphatic heterocycles. The molecule has 1 saturated heterocycles. The first-order valence-corrected chi connectivity index (χ1v) is 7.52. The van der Waals surface area contributed by atoms with Gasteiger partial charge in [-0.05, 0) is 37.4 Å². The quantitative estimate of drug-likeness (QED) is 0.920. The third-order valence-corrected chi connectivity index (χ3v) is 4.30. The smallest absolute Gasteiger partial charge is 0.414 e. The predicted octanol–water partition coefficient (Wildman–Crippen LogP) is 1.73. The Kier molecular flexibility index (Phi) is 3.19. The summed E-state index contributed by atoms with van der Waals surface area (Å²) in [5.41, 5.74) is -2.21. The molecule has 1 aliphatic carbocycles. The monoisotopic (exact) mass is 328 g/mol. The number of nitrogens with zero attached hydrogens (tertiary/aromatic N) is 5. The number of oxazole rings is 1. The van der Waals surface area contributed by atoms with Crippen LogP contribution in [0.2, 0.25) is 0 Å². The van der Waals surface area contributed by atoms with E-state index in [-0.39, 0.29) is 25.3 Å². The summed E-state index contributed by atoms with van der Waals surface area (Å²) in [5.74, 6) is 1.25. The fraction of sp³-hybridized carbons (Fsp3) is 0.692. The molecular formula is C13H15F3N6O. The first-order chi connectivity index (χ1) is 11.0. The lowest BCUT2D eigenvalue weighted by molar-refractivity contribution is -0.198. The van der Waals surface area contributed by atoms with Crippen LogP contribution in [-0.4, -0.2) is 37.9 Å². The Morgan fingerprint density at radius 2 is 2.22 bits per heavy atom. The van der Waals surface area contributed by atoms with Crippen LogP contribution in [0.5, 0.6) is 0 Å². The van der Waals surface area contributed by atoms with E-state index in [1.54, 1.807) is 6.20 Å². The second kappa shape index (κ2) is 5.02. The van der Waals surface area contributed by atoms with Crippen molar-refractivity contribution in [3.05, 3.63) is 23.7 Å². The van der Waals surface area contributed by atoms with Crippen LogP contribution < -0.4 is 5.32 Å². The lowest BCUT2D eigenvalue weighted by Gasteiger charge is -2.28. The lowest BCUT2D eigenvalue weighted by atomic mass is 9.96. The van der Waals surface area contributed by atoms with Crippen molar-refractivity contribution in [1.29, 1.82) is 0 Å². The second-order valence-electron chi connectivity index (χ2n) is 6.01. The highest BCUT2D eigenvalue weighted by Gasteiger charge is 2.60. The maximum atomic E-state index is 13.4. The molecule has 1 atom stereocenters. The summed E-state index contributed by atoms with van der Waals surface area (Å²) in [6.45, 7) is 0.339. The van der Waals surface area contributed by atoms with E-state index < -0.39 is 11.7 Å². The Morgan fingerprint density at radius 1 is 1.39 bits per heavy atom. The summed E-state index contributed by atoms with van der Waals surface area (Å²) >= 11 is 0. The van der Waals surface area contributed by atoms with Crippen LogP contribution in [0.3, 0.4) is 0 Å². The molecule has 1 unspecified atom stereocenters. The van der Waals surface area contributed by atoms with Gasteiger partial charge in [-0.3, -0.25) is 5.32 Å². The van der Waals surface area contributed by atoms with Crippen LogP contribution in [0.4, 0.5) is 13.2 Å². The van der Waals surface area contributed by atoms with E-state index >= 15 is 0 Å². The minimum Gasteiger partial charge on any atom is -0.443 e. The average molecular weight is 328 g/mol. The van der Waals surface area contributed by atoms with Gasteiger partial charge in [0.1, 0.15) is 12.3 Å². The zero-order valence-electron chi connectivity index (χ0n) is 12.2. The van der Waals surface area contributed by atoms with Crippen LogP contribution in [0.15, 0.2) is 10.6 Å². The molecule has 3 heterocycles. The van der Waals surface area contributed by atoms with Gasteiger partial charge < -0.3 is 4.42 Å². The molecule has 23 heavy (non-hydrogen) atoms. The minimum atomic E-state index is -4.47. The molecule has 0 bridgehead atoms. The number of hydrogen-bond donors (Lipinski definition) is 1. The van der Waals surface area contributed by atoms with Gasteiger partial charge in [-0.25, -0.2) is 4.98 Å². The maximum Gasteiger partial charge on any atom is 0.414 e. The third kappa shape index (κ3) is 2.50. The molecule has 2 aromatic rings. The number of tetrazole rings is 1. The maximum absolute atomic E-state index is 13.4. The van der Waals surface area contributed by atoms with Crippen LogP contribution in [-0.2, 0) is 12.1 Å². The van der Waals surface area contributed by atoms with Gasteiger partial charge in [-0.1, -0.05) is 0 Å². The highest BCUT2D eigenvalue weighted by molar-refractivity contribution is 5.11. The van der Waals surface area contributed by atoms with Gasteiger partial charge in [-0.2, -0.15) is 18.0 Å². The number of halogens is 3. The van der Waals surface area contributed by atoms with E-state index in [2.05, 4.69) is 25.7 Å². The zero-order valence-corrected chi connectivity index (χ0v) is 12.2. The van der Waals surface area contributed by atoms with E-state index in [0.717, 1.165) is 23.4 Å². The molecule has 4 rings (SSSR count). The molecule has 7 nitrogen and oxygen atoms in total. The second-order valence-corrected chi connectivity index (χ2v) is 6.01. The van der Waals surface area contributed by atoms with Gasteiger partial charge in [0, 0.05) is 5.92 Å². The summed E-state index contributed by atoms with van der Waals surface area (Å²) in [5, 5.41) is 13.7. The molecule has 10 heteroatoms. The molecule has 0 amide bonds.